The number of carboxylic acids is 1. The minimum Gasteiger partial charge on any atom is -0.481 e. The molecule has 116 valence electrons. The Morgan fingerprint density at radius 3 is 2.75 bits per heavy atom. The maximum atomic E-state index is 11.8. The van der Waals surface area contributed by atoms with E-state index in [-0.39, 0.29) is 31.9 Å². The lowest BCUT2D eigenvalue weighted by atomic mass is 10.2. The number of ether oxygens (including phenoxy) is 1. The number of nitrogens with zero attached hydrogens (tertiary/aromatic N) is 1. The van der Waals surface area contributed by atoms with Crippen LogP contribution in [0.3, 0.4) is 0 Å². The molecule has 0 aromatic carbocycles. The number of rotatable bonds is 6. The summed E-state index contributed by atoms with van der Waals surface area (Å²) in [7, 11) is -2.06. The fourth-order valence-corrected chi connectivity index (χ4v) is 2.30. The first kappa shape index (κ1) is 16.7. The molecule has 1 saturated heterocycles. The molecule has 0 spiro atoms. The lowest BCUT2D eigenvalue weighted by molar-refractivity contribution is -0.141. The fraction of sp³-hybridized carbons (Fsp3) is 0.800. The van der Waals surface area contributed by atoms with Gasteiger partial charge in [0.05, 0.1) is 24.9 Å². The molecule has 1 atom stereocenters. The van der Waals surface area contributed by atoms with Crippen LogP contribution < -0.4 is 10.0 Å². The second-order valence-electron chi connectivity index (χ2n) is 4.29. The second-order valence-corrected chi connectivity index (χ2v) is 6.34. The molecule has 3 N–H and O–H groups in total. The van der Waals surface area contributed by atoms with E-state index in [4.69, 9.17) is 9.84 Å². The van der Waals surface area contributed by atoms with E-state index in [0.29, 0.717) is 6.54 Å². The number of hydrogen-bond acceptors (Lipinski definition) is 5. The molecule has 0 radical (unpaired) electrons. The van der Waals surface area contributed by atoms with Gasteiger partial charge in [-0.15, -0.1) is 0 Å². The van der Waals surface area contributed by atoms with E-state index in [0.717, 1.165) is 0 Å². The molecular formula is C10H19N3O6S. The van der Waals surface area contributed by atoms with Gasteiger partial charge in [0.15, 0.2) is 0 Å². The van der Waals surface area contributed by atoms with Crippen LogP contribution in [0.4, 0.5) is 4.79 Å². The van der Waals surface area contributed by atoms with Gasteiger partial charge >= 0.3 is 12.0 Å². The predicted octanol–water partition coefficient (Wildman–Crippen LogP) is -1.58. The third kappa shape index (κ3) is 5.72. The summed E-state index contributed by atoms with van der Waals surface area (Å²) < 4.78 is 29.7. The van der Waals surface area contributed by atoms with E-state index in [1.54, 1.807) is 0 Å². The van der Waals surface area contributed by atoms with Crippen molar-refractivity contribution in [2.24, 2.45) is 0 Å². The molecule has 1 unspecified atom stereocenters. The summed E-state index contributed by atoms with van der Waals surface area (Å²) in [4.78, 5) is 23.8. The zero-order valence-corrected chi connectivity index (χ0v) is 12.0. The highest BCUT2D eigenvalue weighted by atomic mass is 32.2. The number of sulfonamides is 1. The molecule has 1 rings (SSSR count). The number of urea groups is 1. The summed E-state index contributed by atoms with van der Waals surface area (Å²) in [6.07, 6.45) is -0.703. The molecule has 9 nitrogen and oxygen atoms in total. The smallest absolute Gasteiger partial charge is 0.317 e. The Morgan fingerprint density at radius 1 is 1.45 bits per heavy atom. The first-order valence-corrected chi connectivity index (χ1v) is 7.76. The normalized spacial score (nSPS) is 19.6. The molecule has 10 heteroatoms. The second kappa shape index (κ2) is 7.41. The minimum absolute atomic E-state index is 0.0110. The molecule has 1 fully saturated rings. The monoisotopic (exact) mass is 309 g/mol. The Kier molecular flexibility index (Phi) is 6.17. The van der Waals surface area contributed by atoms with Crippen LogP contribution >= 0.6 is 0 Å². The summed E-state index contributed by atoms with van der Waals surface area (Å²) >= 11 is 0. The van der Waals surface area contributed by atoms with Gasteiger partial charge in [-0.2, -0.15) is 0 Å². The van der Waals surface area contributed by atoms with Gasteiger partial charge in [-0.1, -0.05) is 0 Å². The Hall–Kier alpha value is -1.39. The van der Waals surface area contributed by atoms with E-state index >= 15 is 0 Å². The molecule has 20 heavy (non-hydrogen) atoms. The molecule has 1 aliphatic heterocycles. The number of hydrogen-bond donors (Lipinski definition) is 3. The Morgan fingerprint density at radius 2 is 2.15 bits per heavy atom. The zero-order chi connectivity index (χ0) is 15.2. The number of morpholine rings is 1. The summed E-state index contributed by atoms with van der Waals surface area (Å²) in [5, 5.41) is 11.2. The fourth-order valence-electron chi connectivity index (χ4n) is 1.73. The highest BCUT2D eigenvalue weighted by Crippen LogP contribution is 2.08. The number of carbonyl (C=O) groups is 2. The molecule has 0 aliphatic carbocycles. The van der Waals surface area contributed by atoms with Crippen LogP contribution in [-0.2, 0) is 19.6 Å². The van der Waals surface area contributed by atoms with Crippen molar-refractivity contribution in [1.29, 1.82) is 0 Å². The van der Waals surface area contributed by atoms with E-state index in [9.17, 15) is 18.0 Å². The lowest BCUT2D eigenvalue weighted by Crippen LogP contribution is -2.50. The molecule has 0 aromatic rings. The summed E-state index contributed by atoms with van der Waals surface area (Å²) in [5.74, 6) is -1.20. The van der Waals surface area contributed by atoms with Crippen molar-refractivity contribution in [3.8, 4) is 0 Å². The van der Waals surface area contributed by atoms with Gasteiger partial charge in [0.25, 0.3) is 0 Å². The van der Waals surface area contributed by atoms with Gasteiger partial charge in [-0.05, 0) is 7.05 Å². The first-order chi connectivity index (χ1) is 9.34. The van der Waals surface area contributed by atoms with Gasteiger partial charge in [-0.3, -0.25) is 4.79 Å². The zero-order valence-electron chi connectivity index (χ0n) is 11.2. The largest absolute Gasteiger partial charge is 0.481 e. The standard InChI is InChI=1S/C10H19N3O6S/c1-11-20(17,18)5-2-12-10(16)13-3-4-19-8(7-13)6-9(14)15/h8,11H,2-7H2,1H3,(H,12,16)(H,14,15). The SMILES string of the molecule is CNS(=O)(=O)CCNC(=O)N1CCOC(CC(=O)O)C1. The van der Waals surface area contributed by atoms with Crippen LogP contribution in [-0.4, -0.2) is 75.6 Å². The Balaban J connectivity index is 2.37. The van der Waals surface area contributed by atoms with Crippen LogP contribution in [0.1, 0.15) is 6.42 Å². The first-order valence-electron chi connectivity index (χ1n) is 6.11. The molecule has 0 aromatic heterocycles. The van der Waals surface area contributed by atoms with Crippen molar-refractivity contribution in [3.63, 3.8) is 0 Å². The quantitative estimate of drug-likeness (QED) is 0.544. The van der Waals surface area contributed by atoms with Crippen LogP contribution in [0, 0.1) is 0 Å². The summed E-state index contributed by atoms with van der Waals surface area (Å²) in [5.41, 5.74) is 0. The van der Waals surface area contributed by atoms with Crippen molar-refractivity contribution in [3.05, 3.63) is 0 Å². The summed E-state index contributed by atoms with van der Waals surface area (Å²) in [6.45, 7) is 0.779. The highest BCUT2D eigenvalue weighted by molar-refractivity contribution is 7.89. The van der Waals surface area contributed by atoms with Gasteiger partial charge in [0, 0.05) is 19.6 Å². The van der Waals surface area contributed by atoms with E-state index in [1.807, 2.05) is 0 Å². The van der Waals surface area contributed by atoms with Crippen molar-refractivity contribution in [2.75, 3.05) is 39.0 Å². The number of carboxylic acid groups (broad SMARTS) is 1. The molecule has 0 bridgehead atoms. The molecule has 2 amide bonds. The average molecular weight is 309 g/mol. The maximum Gasteiger partial charge on any atom is 0.317 e. The molecule has 0 saturated carbocycles. The van der Waals surface area contributed by atoms with Crippen molar-refractivity contribution in [1.82, 2.24) is 14.9 Å². The third-order valence-corrected chi connectivity index (χ3v) is 4.15. The number of amides is 2. The maximum absolute atomic E-state index is 11.8. The molecular weight excluding hydrogens is 290 g/mol. The predicted molar refractivity (Wildman–Crippen MR) is 69.8 cm³/mol. The number of nitrogens with one attached hydrogen (secondary N) is 2. The van der Waals surface area contributed by atoms with Gasteiger partial charge in [0.1, 0.15) is 0 Å². The summed E-state index contributed by atoms with van der Waals surface area (Å²) in [6, 6.07) is -0.421. The van der Waals surface area contributed by atoms with E-state index in [2.05, 4.69) is 10.0 Å². The average Bonchev–Trinajstić information content (AvgIpc) is 2.38. The minimum atomic E-state index is -3.36. The van der Waals surface area contributed by atoms with E-state index in [1.165, 1.54) is 11.9 Å². The lowest BCUT2D eigenvalue weighted by Gasteiger charge is -2.32. The molecule has 1 heterocycles. The van der Waals surface area contributed by atoms with Crippen LogP contribution in [0.25, 0.3) is 0 Å². The van der Waals surface area contributed by atoms with Crippen molar-refractivity contribution in [2.45, 2.75) is 12.5 Å². The number of aliphatic carboxylic acids is 1. The highest BCUT2D eigenvalue weighted by Gasteiger charge is 2.25. The third-order valence-electron chi connectivity index (χ3n) is 2.79. The number of carbonyl (C=O) groups excluding carboxylic acids is 1. The Bertz CT molecular complexity index is 452. The van der Waals surface area contributed by atoms with Gasteiger partial charge in [-0.25, -0.2) is 17.9 Å². The van der Waals surface area contributed by atoms with Crippen LogP contribution in [0.15, 0.2) is 0 Å². The van der Waals surface area contributed by atoms with E-state index < -0.39 is 28.1 Å². The topological polar surface area (TPSA) is 125 Å². The van der Waals surface area contributed by atoms with Crippen molar-refractivity contribution < 1.29 is 27.9 Å². The molecule has 1 aliphatic rings. The van der Waals surface area contributed by atoms with Gasteiger partial charge < -0.3 is 20.1 Å². The van der Waals surface area contributed by atoms with Crippen molar-refractivity contribution >= 4 is 22.0 Å². The van der Waals surface area contributed by atoms with Crippen LogP contribution in [0.5, 0.6) is 0 Å². The van der Waals surface area contributed by atoms with Crippen LogP contribution in [0.2, 0.25) is 0 Å². The van der Waals surface area contributed by atoms with Gasteiger partial charge in [0.2, 0.25) is 10.0 Å². The Labute approximate surface area is 117 Å².